The predicted molar refractivity (Wildman–Crippen MR) is 104 cm³/mol. The lowest BCUT2D eigenvalue weighted by atomic mass is 9.99. The molecule has 2 aliphatic heterocycles. The molecule has 0 aliphatic carbocycles. The minimum absolute atomic E-state index is 0.0634. The Labute approximate surface area is 161 Å². The molecule has 1 aromatic carbocycles. The number of likely N-dealkylation sites (N-methyl/N-ethyl adjacent to an activating group) is 1. The van der Waals surface area contributed by atoms with Crippen LogP contribution >= 0.6 is 0 Å². The summed E-state index contributed by atoms with van der Waals surface area (Å²) in [5.41, 5.74) is 2.16. The van der Waals surface area contributed by atoms with Gasteiger partial charge in [0.1, 0.15) is 6.04 Å². The van der Waals surface area contributed by atoms with Crippen LogP contribution in [0, 0.1) is 6.92 Å². The molecule has 7 heteroatoms. The molecule has 0 spiro atoms. The number of benzene rings is 1. The van der Waals surface area contributed by atoms with E-state index in [0.717, 1.165) is 11.1 Å². The lowest BCUT2D eigenvalue weighted by Crippen LogP contribution is -2.56. The number of hydrogen-bond acceptors (Lipinski definition) is 4. The quantitative estimate of drug-likeness (QED) is 0.798. The Morgan fingerprint density at radius 3 is 2.07 bits per heavy atom. The van der Waals surface area contributed by atoms with Crippen molar-refractivity contribution in [3.8, 4) is 0 Å². The Morgan fingerprint density at radius 2 is 1.48 bits per heavy atom. The largest absolute Gasteiger partial charge is 0.378 e. The van der Waals surface area contributed by atoms with Gasteiger partial charge in [-0.05, 0) is 32.1 Å². The fourth-order valence-corrected chi connectivity index (χ4v) is 3.77. The number of urea groups is 1. The van der Waals surface area contributed by atoms with E-state index in [0.29, 0.717) is 52.5 Å². The molecule has 2 aliphatic rings. The van der Waals surface area contributed by atoms with E-state index >= 15 is 0 Å². The van der Waals surface area contributed by atoms with Crippen molar-refractivity contribution in [2.24, 2.45) is 0 Å². The number of nitrogens with zero attached hydrogens (tertiary/aromatic N) is 4. The normalized spacial score (nSPS) is 19.3. The smallest absolute Gasteiger partial charge is 0.320 e. The van der Waals surface area contributed by atoms with Crippen molar-refractivity contribution in [3.63, 3.8) is 0 Å². The molecule has 148 valence electrons. The standard InChI is InChI=1S/C20H30N4O3/c1-16-6-4-5-7-17(16)18(21(2)3)19(25)22-8-10-23(11-9-22)20(26)24-12-14-27-15-13-24/h4-7,18H,8-15H2,1-3H3. The zero-order chi connectivity index (χ0) is 19.4. The number of carbonyl (C=O) groups is 2. The summed E-state index contributed by atoms with van der Waals surface area (Å²) in [6.07, 6.45) is 0. The van der Waals surface area contributed by atoms with E-state index in [1.165, 1.54) is 0 Å². The van der Waals surface area contributed by atoms with Crippen molar-refractivity contribution < 1.29 is 14.3 Å². The summed E-state index contributed by atoms with van der Waals surface area (Å²) >= 11 is 0. The van der Waals surface area contributed by atoms with Gasteiger partial charge in [0, 0.05) is 39.3 Å². The van der Waals surface area contributed by atoms with E-state index in [4.69, 9.17) is 4.74 Å². The average Bonchev–Trinajstić information content (AvgIpc) is 2.69. The second-order valence-corrected chi connectivity index (χ2v) is 7.42. The number of carbonyl (C=O) groups excluding carboxylic acids is 2. The molecule has 1 unspecified atom stereocenters. The van der Waals surface area contributed by atoms with E-state index < -0.39 is 0 Å². The monoisotopic (exact) mass is 374 g/mol. The highest BCUT2D eigenvalue weighted by atomic mass is 16.5. The summed E-state index contributed by atoms with van der Waals surface area (Å²) in [4.78, 5) is 33.4. The summed E-state index contributed by atoms with van der Waals surface area (Å²) in [7, 11) is 3.88. The molecular weight excluding hydrogens is 344 g/mol. The first kappa shape index (κ1) is 19.6. The van der Waals surface area contributed by atoms with Gasteiger partial charge in [0.25, 0.3) is 0 Å². The zero-order valence-electron chi connectivity index (χ0n) is 16.6. The Balaban J connectivity index is 1.63. The third kappa shape index (κ3) is 4.42. The SMILES string of the molecule is Cc1ccccc1C(C(=O)N1CCN(C(=O)N2CCOCC2)CC1)N(C)C. The number of rotatable bonds is 3. The molecule has 1 aromatic rings. The number of hydrogen-bond donors (Lipinski definition) is 0. The van der Waals surface area contributed by atoms with Crippen molar-refractivity contribution in [2.45, 2.75) is 13.0 Å². The number of amides is 3. The highest BCUT2D eigenvalue weighted by molar-refractivity contribution is 5.84. The van der Waals surface area contributed by atoms with Gasteiger partial charge in [-0.3, -0.25) is 9.69 Å². The minimum Gasteiger partial charge on any atom is -0.378 e. The highest BCUT2D eigenvalue weighted by Crippen LogP contribution is 2.24. The second-order valence-electron chi connectivity index (χ2n) is 7.42. The Morgan fingerprint density at radius 1 is 0.926 bits per heavy atom. The van der Waals surface area contributed by atoms with Crippen LogP contribution in [0.4, 0.5) is 4.79 Å². The molecule has 2 fully saturated rings. The van der Waals surface area contributed by atoms with Crippen molar-refractivity contribution in [2.75, 3.05) is 66.6 Å². The molecular formula is C20H30N4O3. The maximum absolute atomic E-state index is 13.2. The first-order valence-corrected chi connectivity index (χ1v) is 9.61. The van der Waals surface area contributed by atoms with Gasteiger partial charge < -0.3 is 19.4 Å². The molecule has 3 rings (SSSR count). The van der Waals surface area contributed by atoms with Crippen LogP contribution < -0.4 is 0 Å². The number of aryl methyl sites for hydroxylation is 1. The van der Waals surface area contributed by atoms with Gasteiger partial charge in [-0.15, -0.1) is 0 Å². The van der Waals surface area contributed by atoms with Crippen molar-refractivity contribution in [3.05, 3.63) is 35.4 Å². The van der Waals surface area contributed by atoms with Gasteiger partial charge in [0.2, 0.25) is 5.91 Å². The van der Waals surface area contributed by atoms with E-state index in [1.54, 1.807) is 0 Å². The highest BCUT2D eigenvalue weighted by Gasteiger charge is 2.33. The van der Waals surface area contributed by atoms with Gasteiger partial charge in [0.05, 0.1) is 13.2 Å². The van der Waals surface area contributed by atoms with Crippen LogP contribution in [-0.4, -0.2) is 98.1 Å². The third-order valence-electron chi connectivity index (χ3n) is 5.38. The van der Waals surface area contributed by atoms with E-state index in [2.05, 4.69) is 0 Å². The topological polar surface area (TPSA) is 56.3 Å². The molecule has 3 amide bonds. The molecule has 2 saturated heterocycles. The molecule has 0 bridgehead atoms. The molecule has 0 saturated carbocycles. The van der Waals surface area contributed by atoms with Crippen LogP contribution in [0.3, 0.4) is 0 Å². The van der Waals surface area contributed by atoms with Gasteiger partial charge in [-0.1, -0.05) is 24.3 Å². The second kappa shape index (κ2) is 8.71. The van der Waals surface area contributed by atoms with Gasteiger partial charge in [-0.25, -0.2) is 4.79 Å². The van der Waals surface area contributed by atoms with E-state index in [-0.39, 0.29) is 18.0 Å². The van der Waals surface area contributed by atoms with E-state index in [1.807, 2.05) is 64.9 Å². The maximum atomic E-state index is 13.2. The molecule has 0 radical (unpaired) electrons. The average molecular weight is 374 g/mol. The van der Waals surface area contributed by atoms with Crippen molar-refractivity contribution in [1.29, 1.82) is 0 Å². The summed E-state index contributed by atoms with van der Waals surface area (Å²) in [6, 6.07) is 7.80. The zero-order valence-corrected chi connectivity index (χ0v) is 16.6. The van der Waals surface area contributed by atoms with Crippen LogP contribution in [-0.2, 0) is 9.53 Å². The van der Waals surface area contributed by atoms with Crippen LogP contribution in [0.5, 0.6) is 0 Å². The van der Waals surface area contributed by atoms with Crippen LogP contribution in [0.1, 0.15) is 17.2 Å². The maximum Gasteiger partial charge on any atom is 0.320 e. The van der Waals surface area contributed by atoms with Crippen molar-refractivity contribution in [1.82, 2.24) is 19.6 Å². The summed E-state index contributed by atoms with van der Waals surface area (Å²) in [5, 5.41) is 0. The fourth-order valence-electron chi connectivity index (χ4n) is 3.77. The van der Waals surface area contributed by atoms with Crippen molar-refractivity contribution >= 4 is 11.9 Å². The Bertz CT molecular complexity index is 665. The first-order chi connectivity index (χ1) is 13.0. The van der Waals surface area contributed by atoms with Gasteiger partial charge >= 0.3 is 6.03 Å². The number of morpholine rings is 1. The molecule has 2 heterocycles. The minimum atomic E-state index is -0.298. The molecule has 1 atom stereocenters. The molecule has 0 N–H and O–H groups in total. The van der Waals surface area contributed by atoms with Crippen LogP contribution in [0.2, 0.25) is 0 Å². The van der Waals surface area contributed by atoms with Crippen LogP contribution in [0.15, 0.2) is 24.3 Å². The van der Waals surface area contributed by atoms with Gasteiger partial charge in [-0.2, -0.15) is 0 Å². The lowest BCUT2D eigenvalue weighted by molar-refractivity contribution is -0.137. The lowest BCUT2D eigenvalue weighted by Gasteiger charge is -2.40. The summed E-state index contributed by atoms with van der Waals surface area (Å²) in [6.45, 7) is 6.85. The molecule has 0 aromatic heterocycles. The van der Waals surface area contributed by atoms with E-state index in [9.17, 15) is 9.59 Å². The number of piperazine rings is 1. The Kier molecular flexibility index (Phi) is 6.34. The molecule has 7 nitrogen and oxygen atoms in total. The molecule has 27 heavy (non-hydrogen) atoms. The van der Waals surface area contributed by atoms with Gasteiger partial charge in [0.15, 0.2) is 0 Å². The first-order valence-electron chi connectivity index (χ1n) is 9.61. The number of ether oxygens (including phenoxy) is 1. The van der Waals surface area contributed by atoms with Crippen LogP contribution in [0.25, 0.3) is 0 Å². The third-order valence-corrected chi connectivity index (χ3v) is 5.38. The predicted octanol–water partition coefficient (Wildman–Crippen LogP) is 1.19. The summed E-state index contributed by atoms with van der Waals surface area (Å²) < 4.78 is 5.32. The summed E-state index contributed by atoms with van der Waals surface area (Å²) in [5.74, 6) is 0.104. The fraction of sp³-hybridized carbons (Fsp3) is 0.600. The Hall–Kier alpha value is -2.12.